The van der Waals surface area contributed by atoms with E-state index < -0.39 is 5.92 Å². The van der Waals surface area contributed by atoms with Crippen molar-refractivity contribution in [3.8, 4) is 5.75 Å². The van der Waals surface area contributed by atoms with Gasteiger partial charge >= 0.3 is 0 Å². The Hall–Kier alpha value is -2.97. The fourth-order valence-corrected chi connectivity index (χ4v) is 4.76. The summed E-state index contributed by atoms with van der Waals surface area (Å²) in [5.41, 5.74) is 5.46. The Morgan fingerprint density at radius 1 is 1.06 bits per heavy atom. The first-order chi connectivity index (χ1) is 17.0. The molecule has 186 valence electrons. The number of carbonyl (C=O) groups excluding carboxylic acids is 2. The van der Waals surface area contributed by atoms with Crippen LogP contribution >= 0.6 is 46.4 Å². The molecule has 1 atom stereocenters. The summed E-state index contributed by atoms with van der Waals surface area (Å²) < 4.78 is 0. The number of hydrazine groups is 1. The molecule has 0 saturated carbocycles. The summed E-state index contributed by atoms with van der Waals surface area (Å²) in [7, 11) is 0. The molecule has 0 radical (unpaired) electrons. The van der Waals surface area contributed by atoms with Gasteiger partial charge in [0.1, 0.15) is 17.3 Å². The number of carbonyl (C=O) groups is 2. The lowest BCUT2D eigenvalue weighted by molar-refractivity contribution is -0.117. The lowest BCUT2D eigenvalue weighted by Gasteiger charge is -2.19. The normalized spacial score (nSPS) is 15.2. The monoisotopic (exact) mass is 564 g/mol. The fraction of sp³-hybridized carbons (Fsp3) is 0.160. The van der Waals surface area contributed by atoms with Gasteiger partial charge in [0.2, 0.25) is 5.91 Å². The van der Waals surface area contributed by atoms with E-state index in [2.05, 4.69) is 15.7 Å². The quantitative estimate of drug-likeness (QED) is 0.309. The lowest BCUT2D eigenvalue weighted by atomic mass is 9.98. The SMILES string of the molecule is Cc1cc(C(C)C(=O)Nc2ccc(Cl)c(N=C3CC(=O)N(c4c(Cl)cc(Cl)cc4Cl)N3)c2)ccc1O. The molecular formula is C25H20Cl4N4O3. The predicted molar refractivity (Wildman–Crippen MR) is 145 cm³/mol. The zero-order valence-electron chi connectivity index (χ0n) is 19.1. The zero-order valence-corrected chi connectivity index (χ0v) is 22.1. The molecule has 3 aromatic rings. The van der Waals surface area contributed by atoms with Gasteiger partial charge in [-0.3, -0.25) is 15.0 Å². The highest BCUT2D eigenvalue weighted by atomic mass is 35.5. The Morgan fingerprint density at radius 2 is 1.75 bits per heavy atom. The summed E-state index contributed by atoms with van der Waals surface area (Å²) in [4.78, 5) is 30.0. The summed E-state index contributed by atoms with van der Waals surface area (Å²) in [6, 6.07) is 12.9. The molecule has 3 N–H and O–H groups in total. The third-order valence-corrected chi connectivity index (χ3v) is 6.71. The van der Waals surface area contributed by atoms with Crippen LogP contribution in [0.5, 0.6) is 5.75 Å². The summed E-state index contributed by atoms with van der Waals surface area (Å²) in [6.07, 6.45) is -0.0422. The van der Waals surface area contributed by atoms with E-state index in [0.717, 1.165) is 5.56 Å². The average Bonchev–Trinajstić information content (AvgIpc) is 3.16. The van der Waals surface area contributed by atoms with Crippen LogP contribution in [0.4, 0.5) is 17.1 Å². The van der Waals surface area contributed by atoms with E-state index in [0.29, 0.717) is 32.8 Å². The summed E-state index contributed by atoms with van der Waals surface area (Å²) >= 11 is 24.8. The molecule has 11 heteroatoms. The van der Waals surface area contributed by atoms with Crippen LogP contribution in [0.1, 0.15) is 30.4 Å². The maximum absolute atomic E-state index is 12.8. The van der Waals surface area contributed by atoms with Crippen molar-refractivity contribution >= 4 is 81.1 Å². The first-order valence-corrected chi connectivity index (χ1v) is 12.3. The Balaban J connectivity index is 1.53. The molecule has 1 saturated heterocycles. The van der Waals surface area contributed by atoms with Crippen LogP contribution < -0.4 is 15.8 Å². The van der Waals surface area contributed by atoms with Gasteiger partial charge < -0.3 is 10.4 Å². The third-order valence-electron chi connectivity index (χ3n) is 5.60. The van der Waals surface area contributed by atoms with E-state index in [4.69, 9.17) is 46.4 Å². The molecule has 0 bridgehead atoms. The topological polar surface area (TPSA) is 94.0 Å². The molecule has 7 nitrogen and oxygen atoms in total. The molecule has 0 aliphatic carbocycles. The van der Waals surface area contributed by atoms with Gasteiger partial charge in [0.05, 0.1) is 33.1 Å². The molecule has 36 heavy (non-hydrogen) atoms. The van der Waals surface area contributed by atoms with Crippen LogP contribution in [0.15, 0.2) is 53.5 Å². The Bertz CT molecular complexity index is 1390. The third kappa shape index (κ3) is 5.55. The van der Waals surface area contributed by atoms with E-state index in [-0.39, 0.29) is 39.7 Å². The number of rotatable bonds is 5. The predicted octanol–water partition coefficient (Wildman–Crippen LogP) is 7.03. The largest absolute Gasteiger partial charge is 0.508 e. The number of aliphatic imine (C=N–C) groups is 1. The van der Waals surface area contributed by atoms with Crippen LogP contribution in [0.25, 0.3) is 0 Å². The standard InChI is InChI=1S/C25H20Cl4N4O3/c1-12-7-14(3-6-21(12)34)13(2)25(36)30-16-4-5-17(27)20(10-16)31-22-11-23(35)33(32-22)24-18(28)8-15(26)9-19(24)29/h3-10,13,34H,11H2,1-2H3,(H,30,36)(H,31,32). The highest BCUT2D eigenvalue weighted by Gasteiger charge is 2.30. The molecule has 2 amide bonds. The number of hydrogen-bond acceptors (Lipinski definition) is 4. The van der Waals surface area contributed by atoms with Crippen molar-refractivity contribution in [2.24, 2.45) is 4.99 Å². The first-order valence-electron chi connectivity index (χ1n) is 10.7. The second-order valence-electron chi connectivity index (χ2n) is 8.22. The van der Waals surface area contributed by atoms with E-state index in [1.807, 2.05) is 0 Å². The molecule has 4 rings (SSSR count). The van der Waals surface area contributed by atoms with E-state index in [9.17, 15) is 14.7 Å². The highest BCUT2D eigenvalue weighted by molar-refractivity contribution is 6.42. The van der Waals surface area contributed by atoms with Gasteiger partial charge in [0.15, 0.2) is 0 Å². The van der Waals surface area contributed by atoms with Gasteiger partial charge in [-0.1, -0.05) is 58.5 Å². The van der Waals surface area contributed by atoms with E-state index in [1.54, 1.807) is 50.2 Å². The van der Waals surface area contributed by atoms with Crippen molar-refractivity contribution in [3.05, 3.63) is 79.7 Å². The van der Waals surface area contributed by atoms with Gasteiger partial charge in [-0.15, -0.1) is 0 Å². The first kappa shape index (κ1) is 26.1. The van der Waals surface area contributed by atoms with Crippen molar-refractivity contribution in [2.45, 2.75) is 26.2 Å². The fourth-order valence-electron chi connectivity index (χ4n) is 3.62. The van der Waals surface area contributed by atoms with Crippen LogP contribution in [-0.2, 0) is 9.59 Å². The number of nitrogens with one attached hydrogen (secondary N) is 2. The van der Waals surface area contributed by atoms with Gasteiger partial charge in [0, 0.05) is 10.7 Å². The van der Waals surface area contributed by atoms with Crippen molar-refractivity contribution in [1.29, 1.82) is 0 Å². The molecule has 3 aromatic carbocycles. The number of halogens is 4. The molecule has 1 fully saturated rings. The summed E-state index contributed by atoms with van der Waals surface area (Å²) in [6.45, 7) is 3.54. The molecule has 1 aliphatic heterocycles. The number of benzene rings is 3. The summed E-state index contributed by atoms with van der Waals surface area (Å²) in [5.74, 6) is -0.537. The van der Waals surface area contributed by atoms with Gasteiger partial charge in [0.25, 0.3) is 5.91 Å². The minimum atomic E-state index is -0.466. The van der Waals surface area contributed by atoms with Crippen molar-refractivity contribution in [1.82, 2.24) is 5.43 Å². The Kier molecular flexibility index (Phi) is 7.66. The van der Waals surface area contributed by atoms with Crippen LogP contribution in [0.2, 0.25) is 20.1 Å². The van der Waals surface area contributed by atoms with Gasteiger partial charge in [-0.2, -0.15) is 0 Å². The molecule has 1 heterocycles. The van der Waals surface area contributed by atoms with Gasteiger partial charge in [-0.25, -0.2) is 10.0 Å². The number of nitrogens with zero attached hydrogens (tertiary/aromatic N) is 2. The number of amides is 2. The zero-order chi connectivity index (χ0) is 26.1. The molecule has 1 unspecified atom stereocenters. The molecule has 1 aliphatic rings. The Morgan fingerprint density at radius 3 is 2.42 bits per heavy atom. The number of phenolic OH excluding ortho intramolecular Hbond substituents is 1. The van der Waals surface area contributed by atoms with E-state index >= 15 is 0 Å². The smallest absolute Gasteiger partial charge is 0.253 e. The lowest BCUT2D eigenvalue weighted by Crippen LogP contribution is -2.36. The maximum atomic E-state index is 12.8. The van der Waals surface area contributed by atoms with Crippen molar-refractivity contribution in [2.75, 3.05) is 10.3 Å². The van der Waals surface area contributed by atoms with Crippen LogP contribution in [-0.4, -0.2) is 22.8 Å². The van der Waals surface area contributed by atoms with Gasteiger partial charge in [-0.05, 0) is 61.4 Å². The second kappa shape index (κ2) is 10.6. The molecule has 0 spiro atoms. The maximum Gasteiger partial charge on any atom is 0.253 e. The minimum absolute atomic E-state index is 0.0422. The number of aromatic hydroxyl groups is 1. The Labute approximate surface area is 227 Å². The van der Waals surface area contributed by atoms with E-state index in [1.165, 1.54) is 17.1 Å². The molecule has 0 aromatic heterocycles. The van der Waals surface area contributed by atoms with Crippen molar-refractivity contribution < 1.29 is 14.7 Å². The number of aryl methyl sites for hydroxylation is 1. The second-order valence-corrected chi connectivity index (χ2v) is 9.88. The molecular weight excluding hydrogens is 546 g/mol. The highest BCUT2D eigenvalue weighted by Crippen LogP contribution is 2.37. The number of hydrogen-bond donors (Lipinski definition) is 3. The average molecular weight is 566 g/mol. The number of phenols is 1. The van der Waals surface area contributed by atoms with Crippen LogP contribution in [0.3, 0.4) is 0 Å². The minimum Gasteiger partial charge on any atom is -0.508 e. The number of anilines is 2. The summed E-state index contributed by atoms with van der Waals surface area (Å²) in [5, 5.41) is 14.9. The number of amidine groups is 1. The van der Waals surface area contributed by atoms with Crippen LogP contribution in [0, 0.1) is 6.92 Å². The van der Waals surface area contributed by atoms with Crippen molar-refractivity contribution in [3.63, 3.8) is 0 Å².